The number of pyridine rings is 1. The highest BCUT2D eigenvalue weighted by molar-refractivity contribution is 7.19. The molecule has 0 saturated carbocycles. The number of hydrogen-bond acceptors (Lipinski definition) is 3. The Morgan fingerprint density at radius 1 is 1.35 bits per heavy atom. The Bertz CT molecular complexity index is 782. The highest BCUT2D eigenvalue weighted by Crippen LogP contribution is 2.30. The predicted molar refractivity (Wildman–Crippen MR) is 95.4 cm³/mol. The van der Waals surface area contributed by atoms with Gasteiger partial charge in [-0.15, -0.1) is 11.3 Å². The number of carbonyl (C=O) groups excluding carboxylic acids is 1. The van der Waals surface area contributed by atoms with Crippen LogP contribution in [0.3, 0.4) is 0 Å². The molecule has 1 aliphatic rings. The molecule has 0 aromatic carbocycles. The van der Waals surface area contributed by atoms with Crippen molar-refractivity contribution in [3.8, 4) is 0 Å². The highest BCUT2D eigenvalue weighted by atomic mass is 32.1. The van der Waals surface area contributed by atoms with Crippen molar-refractivity contribution in [2.24, 2.45) is 5.92 Å². The first kappa shape index (κ1) is 16.2. The number of fused-ring (bicyclic) bond motifs is 1. The Morgan fingerprint density at radius 3 is 2.70 bits per heavy atom. The Hall–Kier alpha value is -1.62. The molecule has 0 spiro atoms. The highest BCUT2D eigenvalue weighted by Gasteiger charge is 2.26. The first-order valence-electron chi connectivity index (χ1n) is 8.44. The average molecular weight is 332 g/mol. The van der Waals surface area contributed by atoms with Crippen molar-refractivity contribution in [3.63, 3.8) is 0 Å². The van der Waals surface area contributed by atoms with Crippen LogP contribution in [0.2, 0.25) is 0 Å². The van der Waals surface area contributed by atoms with Crippen LogP contribution in [0.5, 0.6) is 0 Å². The van der Waals surface area contributed by atoms with E-state index in [0.29, 0.717) is 23.4 Å². The van der Waals surface area contributed by atoms with Crippen molar-refractivity contribution in [1.29, 1.82) is 0 Å². The zero-order valence-corrected chi connectivity index (χ0v) is 14.9. The first-order chi connectivity index (χ1) is 11.0. The summed E-state index contributed by atoms with van der Waals surface area (Å²) in [6, 6.07) is 1.97. The maximum absolute atomic E-state index is 13.0. The van der Waals surface area contributed by atoms with Gasteiger partial charge >= 0.3 is 0 Å². The van der Waals surface area contributed by atoms with Gasteiger partial charge in [0.25, 0.3) is 11.5 Å². The lowest BCUT2D eigenvalue weighted by Gasteiger charge is -2.30. The molecular formula is C18H24N2O2S. The van der Waals surface area contributed by atoms with Crippen molar-refractivity contribution < 1.29 is 4.79 Å². The summed E-state index contributed by atoms with van der Waals surface area (Å²) < 4.78 is 2.65. The molecule has 0 atom stereocenters. The van der Waals surface area contributed by atoms with Crippen LogP contribution >= 0.6 is 11.3 Å². The van der Waals surface area contributed by atoms with Gasteiger partial charge < -0.3 is 9.47 Å². The molecule has 0 bridgehead atoms. The molecule has 0 radical (unpaired) electrons. The van der Waals surface area contributed by atoms with E-state index in [0.717, 1.165) is 41.9 Å². The van der Waals surface area contributed by atoms with Crippen molar-refractivity contribution in [1.82, 2.24) is 9.47 Å². The Kier molecular flexibility index (Phi) is 4.57. The monoisotopic (exact) mass is 332 g/mol. The molecule has 124 valence electrons. The summed E-state index contributed by atoms with van der Waals surface area (Å²) in [4.78, 5) is 28.7. The van der Waals surface area contributed by atoms with Gasteiger partial charge in [0.15, 0.2) is 0 Å². The second-order valence-electron chi connectivity index (χ2n) is 6.56. The van der Waals surface area contributed by atoms with E-state index in [1.165, 1.54) is 0 Å². The summed E-state index contributed by atoms with van der Waals surface area (Å²) in [5.74, 6) is 0.716. The maximum atomic E-state index is 13.0. The third-order valence-electron chi connectivity index (χ3n) is 4.74. The second kappa shape index (κ2) is 6.48. The molecule has 3 rings (SSSR count). The summed E-state index contributed by atoms with van der Waals surface area (Å²) in [5, 5.41) is 0.618. The number of aryl methyl sites for hydroxylation is 2. The maximum Gasteiger partial charge on any atom is 0.260 e. The molecule has 23 heavy (non-hydrogen) atoms. The van der Waals surface area contributed by atoms with Crippen LogP contribution < -0.4 is 5.56 Å². The van der Waals surface area contributed by atoms with Gasteiger partial charge in [0.2, 0.25) is 0 Å². The second-order valence-corrected chi connectivity index (χ2v) is 7.82. The number of piperidine rings is 1. The first-order valence-corrected chi connectivity index (χ1v) is 9.26. The van der Waals surface area contributed by atoms with Gasteiger partial charge in [-0.1, -0.05) is 13.8 Å². The van der Waals surface area contributed by atoms with E-state index < -0.39 is 0 Å². The van der Waals surface area contributed by atoms with Crippen LogP contribution in [0, 0.1) is 12.8 Å². The van der Waals surface area contributed by atoms with Gasteiger partial charge in [-0.2, -0.15) is 0 Å². The van der Waals surface area contributed by atoms with E-state index >= 15 is 0 Å². The third kappa shape index (κ3) is 2.94. The molecule has 1 fully saturated rings. The lowest BCUT2D eigenvalue weighted by Crippen LogP contribution is -2.38. The molecule has 2 aromatic rings. The normalized spacial score (nSPS) is 16.2. The molecule has 0 unspecified atom stereocenters. The Balaban J connectivity index is 2.06. The van der Waals surface area contributed by atoms with Gasteiger partial charge in [0.1, 0.15) is 0 Å². The number of nitrogens with zero attached hydrogens (tertiary/aromatic N) is 2. The summed E-state index contributed by atoms with van der Waals surface area (Å²) in [6.07, 6.45) is 4.85. The summed E-state index contributed by atoms with van der Waals surface area (Å²) in [6.45, 7) is 8.53. The SMILES string of the molecule is CCCn1ccc2sc(C)c(C(=O)N3CCC(C)CC3)c2c1=O. The zero-order valence-electron chi connectivity index (χ0n) is 14.1. The molecule has 1 amide bonds. The number of carbonyl (C=O) groups is 1. The fraction of sp³-hybridized carbons (Fsp3) is 0.556. The largest absolute Gasteiger partial charge is 0.339 e. The van der Waals surface area contributed by atoms with Crippen molar-refractivity contribution in [3.05, 3.63) is 33.1 Å². The molecule has 5 heteroatoms. The number of rotatable bonds is 3. The summed E-state index contributed by atoms with van der Waals surface area (Å²) in [5.41, 5.74) is 0.609. The number of likely N-dealkylation sites (tertiary alicyclic amines) is 1. The fourth-order valence-electron chi connectivity index (χ4n) is 3.31. The van der Waals surface area contributed by atoms with Gasteiger partial charge in [0, 0.05) is 35.4 Å². The Labute approximate surface area is 140 Å². The molecule has 1 aliphatic heterocycles. The van der Waals surface area contributed by atoms with Crippen LogP contribution in [-0.4, -0.2) is 28.5 Å². The fourth-order valence-corrected chi connectivity index (χ4v) is 4.35. The van der Waals surface area contributed by atoms with Crippen molar-refractivity contribution >= 4 is 27.3 Å². The van der Waals surface area contributed by atoms with E-state index in [2.05, 4.69) is 13.8 Å². The zero-order chi connectivity index (χ0) is 16.6. The van der Waals surface area contributed by atoms with Crippen LogP contribution in [0.4, 0.5) is 0 Å². The van der Waals surface area contributed by atoms with Crippen LogP contribution in [0.15, 0.2) is 17.1 Å². The molecule has 3 heterocycles. The van der Waals surface area contributed by atoms with Crippen molar-refractivity contribution in [2.45, 2.75) is 46.6 Å². The lowest BCUT2D eigenvalue weighted by molar-refractivity contribution is 0.0699. The van der Waals surface area contributed by atoms with Gasteiger partial charge in [0.05, 0.1) is 10.9 Å². The number of amides is 1. The predicted octanol–water partition coefficient (Wildman–Crippen LogP) is 3.65. The number of thiophene rings is 1. The Morgan fingerprint density at radius 2 is 2.04 bits per heavy atom. The van der Waals surface area contributed by atoms with E-state index in [-0.39, 0.29) is 11.5 Å². The molecule has 4 nitrogen and oxygen atoms in total. The average Bonchev–Trinajstić information content (AvgIpc) is 2.87. The molecule has 0 N–H and O–H groups in total. The van der Waals surface area contributed by atoms with Crippen LogP contribution in [-0.2, 0) is 6.54 Å². The summed E-state index contributed by atoms with van der Waals surface area (Å²) in [7, 11) is 0. The molecule has 2 aromatic heterocycles. The minimum Gasteiger partial charge on any atom is -0.339 e. The van der Waals surface area contributed by atoms with Crippen LogP contribution in [0.1, 0.15) is 48.3 Å². The topological polar surface area (TPSA) is 42.3 Å². The van der Waals surface area contributed by atoms with Gasteiger partial charge in [-0.3, -0.25) is 9.59 Å². The van der Waals surface area contributed by atoms with Gasteiger partial charge in [-0.05, 0) is 38.2 Å². The minimum absolute atomic E-state index is 0.0255. The standard InChI is InChI=1S/C18H24N2O2S/c1-4-8-19-11-7-14-16(18(19)22)15(13(3)23-14)17(21)20-9-5-12(2)6-10-20/h7,11-12H,4-6,8-10H2,1-3H3. The summed E-state index contributed by atoms with van der Waals surface area (Å²) >= 11 is 1.55. The quantitative estimate of drug-likeness (QED) is 0.861. The van der Waals surface area contributed by atoms with E-state index in [1.54, 1.807) is 15.9 Å². The smallest absolute Gasteiger partial charge is 0.260 e. The lowest BCUT2D eigenvalue weighted by atomic mass is 9.98. The van der Waals surface area contributed by atoms with Gasteiger partial charge in [-0.25, -0.2) is 0 Å². The molecule has 1 saturated heterocycles. The molecule has 0 aliphatic carbocycles. The number of aromatic nitrogens is 1. The van der Waals surface area contributed by atoms with E-state index in [4.69, 9.17) is 0 Å². The van der Waals surface area contributed by atoms with Crippen molar-refractivity contribution in [2.75, 3.05) is 13.1 Å². The molecular weight excluding hydrogens is 308 g/mol. The minimum atomic E-state index is -0.0255. The van der Waals surface area contributed by atoms with Crippen LogP contribution in [0.25, 0.3) is 10.1 Å². The van der Waals surface area contributed by atoms with E-state index in [1.807, 2.05) is 24.1 Å². The number of hydrogen-bond donors (Lipinski definition) is 0. The third-order valence-corrected chi connectivity index (χ3v) is 5.81. The van der Waals surface area contributed by atoms with E-state index in [9.17, 15) is 9.59 Å².